The highest BCUT2D eigenvalue weighted by atomic mass is 35.5. The van der Waals surface area contributed by atoms with Crippen molar-refractivity contribution in [2.75, 3.05) is 11.6 Å². The zero-order valence-corrected chi connectivity index (χ0v) is 12.9. The van der Waals surface area contributed by atoms with Crippen molar-refractivity contribution in [2.45, 2.75) is 11.3 Å². The molecule has 2 aromatic rings. The highest BCUT2D eigenvalue weighted by Crippen LogP contribution is 2.22. The van der Waals surface area contributed by atoms with Gasteiger partial charge >= 0.3 is 0 Å². The maximum atomic E-state index is 11.9. The summed E-state index contributed by atoms with van der Waals surface area (Å²) in [4.78, 5) is 12.6. The van der Waals surface area contributed by atoms with Gasteiger partial charge in [-0.3, -0.25) is 9.00 Å². The summed E-state index contributed by atoms with van der Waals surface area (Å²) in [5.74, 6) is -0.153. The Kier molecular flexibility index (Phi) is 4.98. The molecule has 0 bridgehead atoms. The predicted octanol–water partition coefficient (Wildman–Crippen LogP) is 2.96. The number of aromatic hydroxyl groups is 1. The lowest BCUT2D eigenvalue weighted by molar-refractivity contribution is -0.115. The van der Waals surface area contributed by atoms with Gasteiger partial charge in [0.2, 0.25) is 5.91 Å². The molecule has 0 spiro atoms. The average Bonchev–Trinajstić information content (AvgIpc) is 2.42. The van der Waals surface area contributed by atoms with Crippen LogP contribution in [0.15, 0.2) is 47.4 Å². The monoisotopic (exact) mass is 323 g/mol. The van der Waals surface area contributed by atoms with E-state index in [-0.39, 0.29) is 18.1 Å². The molecule has 0 unspecified atom stereocenters. The average molecular weight is 324 g/mol. The number of carbonyl (C=O) groups is 1. The molecule has 0 saturated carbocycles. The van der Waals surface area contributed by atoms with Crippen LogP contribution >= 0.6 is 11.6 Å². The summed E-state index contributed by atoms with van der Waals surface area (Å²) in [6, 6.07) is 11.3. The molecule has 6 heteroatoms. The molecule has 0 aliphatic carbocycles. The van der Waals surface area contributed by atoms with E-state index in [0.717, 1.165) is 0 Å². The third-order valence-corrected chi connectivity index (χ3v) is 4.15. The van der Waals surface area contributed by atoms with Crippen LogP contribution in [0.5, 0.6) is 5.75 Å². The van der Waals surface area contributed by atoms with Crippen LogP contribution in [0.4, 0.5) is 5.69 Å². The van der Waals surface area contributed by atoms with Gasteiger partial charge in [-0.05, 0) is 42.0 Å². The molecule has 110 valence electrons. The summed E-state index contributed by atoms with van der Waals surface area (Å²) in [7, 11) is -1.04. The second-order valence-electron chi connectivity index (χ2n) is 4.48. The molecule has 0 aliphatic heterocycles. The Morgan fingerprint density at radius 2 is 1.90 bits per heavy atom. The van der Waals surface area contributed by atoms with Crippen molar-refractivity contribution >= 4 is 34.0 Å². The molecule has 4 nitrogen and oxygen atoms in total. The van der Waals surface area contributed by atoms with Gasteiger partial charge in [-0.15, -0.1) is 0 Å². The SMILES string of the molecule is C[S@](=O)c1ccc(NC(=O)Cc2ccc(O)cc2Cl)cc1. The third-order valence-electron chi connectivity index (χ3n) is 2.86. The standard InChI is InChI=1S/C15H14ClNO3S/c1-21(20)13-6-3-11(4-7-13)17-15(19)8-10-2-5-12(18)9-14(10)16/h2-7,9,18H,8H2,1H3,(H,17,19)/t21-/m0/s1. The van der Waals surface area contributed by atoms with Crippen molar-refractivity contribution in [1.82, 2.24) is 0 Å². The first-order valence-electron chi connectivity index (χ1n) is 6.16. The van der Waals surface area contributed by atoms with Gasteiger partial charge in [-0.25, -0.2) is 0 Å². The number of amides is 1. The van der Waals surface area contributed by atoms with E-state index >= 15 is 0 Å². The molecule has 0 fully saturated rings. The van der Waals surface area contributed by atoms with Crippen LogP contribution in [-0.4, -0.2) is 21.5 Å². The number of nitrogens with one attached hydrogen (secondary N) is 1. The summed E-state index contributed by atoms with van der Waals surface area (Å²) in [6.07, 6.45) is 1.71. The van der Waals surface area contributed by atoms with Crippen molar-refractivity contribution < 1.29 is 14.1 Å². The number of hydrogen-bond donors (Lipinski definition) is 2. The van der Waals surface area contributed by atoms with E-state index in [2.05, 4.69) is 5.32 Å². The van der Waals surface area contributed by atoms with Crippen molar-refractivity contribution in [3.63, 3.8) is 0 Å². The van der Waals surface area contributed by atoms with Gasteiger partial charge in [0.15, 0.2) is 0 Å². The first-order chi connectivity index (χ1) is 9.95. The van der Waals surface area contributed by atoms with Gasteiger partial charge in [0.05, 0.1) is 6.42 Å². The topological polar surface area (TPSA) is 66.4 Å². The fourth-order valence-electron chi connectivity index (χ4n) is 1.79. The first-order valence-corrected chi connectivity index (χ1v) is 8.10. The normalized spacial score (nSPS) is 11.9. The van der Waals surface area contributed by atoms with Crippen LogP contribution in [0, 0.1) is 0 Å². The van der Waals surface area contributed by atoms with Crippen molar-refractivity contribution in [3.05, 3.63) is 53.1 Å². The molecule has 2 rings (SSSR count). The van der Waals surface area contributed by atoms with Crippen LogP contribution in [0.3, 0.4) is 0 Å². The smallest absolute Gasteiger partial charge is 0.228 e. The molecule has 0 radical (unpaired) electrons. The zero-order valence-electron chi connectivity index (χ0n) is 11.3. The lowest BCUT2D eigenvalue weighted by atomic mass is 10.1. The highest BCUT2D eigenvalue weighted by molar-refractivity contribution is 7.84. The first kappa shape index (κ1) is 15.5. The molecule has 21 heavy (non-hydrogen) atoms. The lowest BCUT2D eigenvalue weighted by Gasteiger charge is -2.07. The van der Waals surface area contributed by atoms with Crippen molar-refractivity contribution in [3.8, 4) is 5.75 Å². The predicted molar refractivity (Wildman–Crippen MR) is 84.2 cm³/mol. The number of carbonyl (C=O) groups excluding carboxylic acids is 1. The summed E-state index contributed by atoms with van der Waals surface area (Å²) >= 11 is 5.96. The minimum Gasteiger partial charge on any atom is -0.508 e. The largest absolute Gasteiger partial charge is 0.508 e. The molecule has 1 atom stereocenters. The quantitative estimate of drug-likeness (QED) is 0.909. The fraction of sp³-hybridized carbons (Fsp3) is 0.133. The van der Waals surface area contributed by atoms with E-state index in [1.54, 1.807) is 36.6 Å². The number of halogens is 1. The fourth-order valence-corrected chi connectivity index (χ4v) is 2.55. The summed E-state index contributed by atoms with van der Waals surface area (Å²) in [5, 5.41) is 12.4. The van der Waals surface area contributed by atoms with Crippen LogP contribution in [0.1, 0.15) is 5.56 Å². The molecule has 0 heterocycles. The third kappa shape index (κ3) is 4.31. The van der Waals surface area contributed by atoms with Gasteiger partial charge in [-0.2, -0.15) is 0 Å². The Morgan fingerprint density at radius 3 is 2.48 bits per heavy atom. The number of hydrogen-bond acceptors (Lipinski definition) is 3. The number of phenolic OH excluding ortho intramolecular Hbond substituents is 1. The highest BCUT2D eigenvalue weighted by Gasteiger charge is 2.08. The van der Waals surface area contributed by atoms with E-state index in [1.807, 2.05) is 0 Å². The molecular weight excluding hydrogens is 310 g/mol. The van der Waals surface area contributed by atoms with E-state index in [4.69, 9.17) is 11.6 Å². The minimum absolute atomic E-state index is 0.0623. The summed E-state index contributed by atoms with van der Waals surface area (Å²) in [5.41, 5.74) is 1.27. The molecule has 0 aromatic heterocycles. The summed E-state index contributed by atoms with van der Waals surface area (Å²) in [6.45, 7) is 0. The Balaban J connectivity index is 2.02. The van der Waals surface area contributed by atoms with Crippen LogP contribution in [0.25, 0.3) is 0 Å². The minimum atomic E-state index is -1.04. The van der Waals surface area contributed by atoms with E-state index < -0.39 is 10.8 Å². The second kappa shape index (κ2) is 6.74. The Bertz CT molecular complexity index is 686. The maximum absolute atomic E-state index is 11.9. The molecule has 0 saturated heterocycles. The molecule has 0 aliphatic rings. The van der Waals surface area contributed by atoms with Gasteiger partial charge in [-0.1, -0.05) is 17.7 Å². The van der Waals surface area contributed by atoms with Crippen LogP contribution in [-0.2, 0) is 22.0 Å². The van der Waals surface area contributed by atoms with Gasteiger partial charge in [0.25, 0.3) is 0 Å². The Morgan fingerprint density at radius 1 is 1.24 bits per heavy atom. The Hall–Kier alpha value is -1.85. The molecular formula is C15H14ClNO3S. The van der Waals surface area contributed by atoms with Gasteiger partial charge in [0.1, 0.15) is 5.75 Å². The molecule has 1 amide bonds. The van der Waals surface area contributed by atoms with Gasteiger partial charge < -0.3 is 10.4 Å². The second-order valence-corrected chi connectivity index (χ2v) is 6.27. The van der Waals surface area contributed by atoms with Crippen molar-refractivity contribution in [2.24, 2.45) is 0 Å². The zero-order chi connectivity index (χ0) is 15.4. The van der Waals surface area contributed by atoms with E-state index in [9.17, 15) is 14.1 Å². The van der Waals surface area contributed by atoms with E-state index in [0.29, 0.717) is 21.2 Å². The van der Waals surface area contributed by atoms with Crippen LogP contribution in [0.2, 0.25) is 5.02 Å². The van der Waals surface area contributed by atoms with Crippen LogP contribution < -0.4 is 5.32 Å². The maximum Gasteiger partial charge on any atom is 0.228 e. The van der Waals surface area contributed by atoms with Crippen molar-refractivity contribution in [1.29, 1.82) is 0 Å². The number of benzene rings is 2. The Labute approximate surface area is 130 Å². The number of anilines is 1. The van der Waals surface area contributed by atoms with Gasteiger partial charge in [0, 0.05) is 32.7 Å². The lowest BCUT2D eigenvalue weighted by Crippen LogP contribution is -2.14. The number of phenols is 1. The molecule has 2 aromatic carbocycles. The summed E-state index contributed by atoms with van der Waals surface area (Å²) < 4.78 is 11.3. The molecule has 2 N–H and O–H groups in total. The number of rotatable bonds is 4. The van der Waals surface area contributed by atoms with E-state index in [1.165, 1.54) is 12.1 Å².